The zero-order valence-corrected chi connectivity index (χ0v) is 13.2. The molecule has 0 radical (unpaired) electrons. The molecule has 0 aromatic carbocycles. The van der Waals surface area contributed by atoms with Crippen LogP contribution in [0.15, 0.2) is 0 Å². The average Bonchev–Trinajstić information content (AvgIpc) is 2.45. The third kappa shape index (κ3) is 12.5. The van der Waals surface area contributed by atoms with Gasteiger partial charge in [0, 0.05) is 0 Å². The highest BCUT2D eigenvalue weighted by molar-refractivity contribution is 5.77. The topological polar surface area (TPSA) is 157 Å². The van der Waals surface area contributed by atoms with E-state index in [1.54, 1.807) is 0 Å². The molecule has 0 aliphatic carbocycles. The zero-order valence-electron chi connectivity index (χ0n) is 13.2. The predicted molar refractivity (Wildman–Crippen MR) is 83.2 cm³/mol. The molecule has 8 nitrogen and oxygen atoms in total. The number of carbonyl (C=O) groups is 2. The molecular formula is C14H30N4O4. The lowest BCUT2D eigenvalue weighted by atomic mass is 10.2. The van der Waals surface area contributed by atoms with Crippen LogP contribution in [0.2, 0.25) is 0 Å². The summed E-state index contributed by atoms with van der Waals surface area (Å²) in [5.41, 5.74) is 22.0. The highest BCUT2D eigenvalue weighted by Gasteiger charge is 2.14. The molecule has 0 aromatic heterocycles. The van der Waals surface area contributed by atoms with Crippen LogP contribution in [0.4, 0.5) is 0 Å². The van der Waals surface area contributed by atoms with Gasteiger partial charge in [-0.1, -0.05) is 0 Å². The van der Waals surface area contributed by atoms with Gasteiger partial charge in [-0.25, -0.2) is 0 Å². The molecule has 8 heteroatoms. The Labute approximate surface area is 131 Å². The Morgan fingerprint density at radius 3 is 1.41 bits per heavy atom. The van der Waals surface area contributed by atoms with Crippen LogP contribution < -0.4 is 22.9 Å². The SMILES string of the molecule is NCCCCC(N)OC(=O)CCC(=O)OC(N)CCCCN. The van der Waals surface area contributed by atoms with E-state index in [0.29, 0.717) is 25.9 Å². The number of ether oxygens (including phenoxy) is 2. The van der Waals surface area contributed by atoms with Crippen molar-refractivity contribution in [2.75, 3.05) is 13.1 Å². The highest BCUT2D eigenvalue weighted by atomic mass is 16.6. The van der Waals surface area contributed by atoms with Crippen molar-refractivity contribution in [3.05, 3.63) is 0 Å². The third-order valence-corrected chi connectivity index (χ3v) is 2.98. The maximum Gasteiger partial charge on any atom is 0.307 e. The first-order valence-electron chi connectivity index (χ1n) is 7.79. The lowest BCUT2D eigenvalue weighted by molar-refractivity contribution is -0.156. The Balaban J connectivity index is 3.73. The van der Waals surface area contributed by atoms with Crippen LogP contribution >= 0.6 is 0 Å². The van der Waals surface area contributed by atoms with Crippen LogP contribution in [0, 0.1) is 0 Å². The van der Waals surface area contributed by atoms with E-state index in [-0.39, 0.29) is 12.8 Å². The summed E-state index contributed by atoms with van der Waals surface area (Å²) >= 11 is 0. The molecule has 0 bridgehead atoms. The number of hydrogen-bond donors (Lipinski definition) is 4. The molecule has 2 atom stereocenters. The fourth-order valence-corrected chi connectivity index (χ4v) is 1.76. The van der Waals surface area contributed by atoms with Crippen molar-refractivity contribution in [2.24, 2.45) is 22.9 Å². The monoisotopic (exact) mass is 318 g/mol. The van der Waals surface area contributed by atoms with Crippen LogP contribution in [-0.4, -0.2) is 37.5 Å². The number of carbonyl (C=O) groups excluding carboxylic acids is 2. The first kappa shape index (κ1) is 20.8. The minimum atomic E-state index is -0.659. The standard InChI is InChI=1S/C14H30N4O4/c15-9-3-1-5-11(17)21-13(19)7-8-14(20)22-12(18)6-2-4-10-16/h11-12H,1-10,15-18H2. The molecule has 0 aromatic rings. The molecule has 2 unspecified atom stereocenters. The van der Waals surface area contributed by atoms with Crippen molar-refractivity contribution >= 4 is 11.9 Å². The number of rotatable bonds is 13. The van der Waals surface area contributed by atoms with Gasteiger partial charge in [0.2, 0.25) is 0 Å². The van der Waals surface area contributed by atoms with E-state index in [0.717, 1.165) is 25.7 Å². The maximum absolute atomic E-state index is 11.5. The molecule has 0 spiro atoms. The summed E-state index contributed by atoms with van der Waals surface area (Å²) in [6.07, 6.45) is 2.91. The normalized spacial score (nSPS) is 13.5. The Hall–Kier alpha value is -1.22. The summed E-state index contributed by atoms with van der Waals surface area (Å²) in [6, 6.07) is 0. The summed E-state index contributed by atoms with van der Waals surface area (Å²) in [6.45, 7) is 1.16. The van der Waals surface area contributed by atoms with Gasteiger partial charge in [-0.2, -0.15) is 0 Å². The van der Waals surface area contributed by atoms with Gasteiger partial charge in [-0.05, 0) is 51.6 Å². The fourth-order valence-electron chi connectivity index (χ4n) is 1.76. The van der Waals surface area contributed by atoms with Crippen molar-refractivity contribution < 1.29 is 19.1 Å². The molecule has 0 saturated carbocycles. The van der Waals surface area contributed by atoms with E-state index in [1.807, 2.05) is 0 Å². The molecule has 22 heavy (non-hydrogen) atoms. The van der Waals surface area contributed by atoms with E-state index in [4.69, 9.17) is 32.4 Å². The molecule has 130 valence electrons. The molecule has 0 amide bonds. The van der Waals surface area contributed by atoms with Crippen LogP contribution in [0.5, 0.6) is 0 Å². The lowest BCUT2D eigenvalue weighted by Crippen LogP contribution is -2.29. The predicted octanol–water partition coefficient (Wildman–Crippen LogP) is -0.319. The average molecular weight is 318 g/mol. The van der Waals surface area contributed by atoms with E-state index in [9.17, 15) is 9.59 Å². The maximum atomic E-state index is 11.5. The fraction of sp³-hybridized carbons (Fsp3) is 0.857. The quantitative estimate of drug-likeness (QED) is 0.204. The van der Waals surface area contributed by atoms with Gasteiger partial charge in [-0.3, -0.25) is 21.1 Å². The van der Waals surface area contributed by atoms with Crippen LogP contribution in [0.1, 0.15) is 51.4 Å². The molecule has 0 heterocycles. The van der Waals surface area contributed by atoms with Gasteiger partial charge >= 0.3 is 11.9 Å². The summed E-state index contributed by atoms with van der Waals surface area (Å²) in [4.78, 5) is 23.0. The molecule has 0 saturated heterocycles. The van der Waals surface area contributed by atoms with Gasteiger partial charge in [0.25, 0.3) is 0 Å². The van der Waals surface area contributed by atoms with Gasteiger partial charge in [0.1, 0.15) is 0 Å². The molecule has 0 fully saturated rings. The van der Waals surface area contributed by atoms with E-state index >= 15 is 0 Å². The lowest BCUT2D eigenvalue weighted by Gasteiger charge is -2.14. The smallest absolute Gasteiger partial charge is 0.307 e. The van der Waals surface area contributed by atoms with Crippen molar-refractivity contribution in [2.45, 2.75) is 63.8 Å². The largest absolute Gasteiger partial charge is 0.447 e. The summed E-state index contributed by atoms with van der Waals surface area (Å²) in [7, 11) is 0. The first-order chi connectivity index (χ1) is 10.5. The molecule has 0 aliphatic heterocycles. The molecule has 0 rings (SSSR count). The van der Waals surface area contributed by atoms with E-state index < -0.39 is 24.4 Å². The second-order valence-electron chi connectivity index (χ2n) is 5.13. The summed E-state index contributed by atoms with van der Waals surface area (Å²) in [5, 5.41) is 0. The summed E-state index contributed by atoms with van der Waals surface area (Å²) in [5.74, 6) is -1.04. The summed E-state index contributed by atoms with van der Waals surface area (Å²) < 4.78 is 9.95. The van der Waals surface area contributed by atoms with Crippen molar-refractivity contribution in [3.8, 4) is 0 Å². The Bertz CT molecular complexity index is 285. The molecule has 8 N–H and O–H groups in total. The van der Waals surface area contributed by atoms with Gasteiger partial charge in [-0.15, -0.1) is 0 Å². The minimum Gasteiger partial charge on any atom is -0.447 e. The Morgan fingerprint density at radius 1 is 0.727 bits per heavy atom. The van der Waals surface area contributed by atoms with E-state index in [2.05, 4.69) is 0 Å². The Morgan fingerprint density at radius 2 is 1.09 bits per heavy atom. The second-order valence-corrected chi connectivity index (χ2v) is 5.13. The van der Waals surface area contributed by atoms with Crippen LogP contribution in [0.3, 0.4) is 0 Å². The number of esters is 2. The molecular weight excluding hydrogens is 288 g/mol. The van der Waals surface area contributed by atoms with Crippen LogP contribution in [0.25, 0.3) is 0 Å². The first-order valence-corrected chi connectivity index (χ1v) is 7.79. The van der Waals surface area contributed by atoms with Crippen LogP contribution in [-0.2, 0) is 19.1 Å². The van der Waals surface area contributed by atoms with Crippen molar-refractivity contribution in [3.63, 3.8) is 0 Å². The third-order valence-electron chi connectivity index (χ3n) is 2.98. The molecule has 0 aliphatic rings. The number of unbranched alkanes of at least 4 members (excludes halogenated alkanes) is 2. The van der Waals surface area contributed by atoms with Crippen molar-refractivity contribution in [1.29, 1.82) is 0 Å². The minimum absolute atomic E-state index is 0.0705. The van der Waals surface area contributed by atoms with Gasteiger partial charge in [0.15, 0.2) is 12.5 Å². The number of nitrogens with two attached hydrogens (primary N) is 4. The van der Waals surface area contributed by atoms with E-state index in [1.165, 1.54) is 0 Å². The van der Waals surface area contributed by atoms with Crippen molar-refractivity contribution in [1.82, 2.24) is 0 Å². The van der Waals surface area contributed by atoms with Gasteiger partial charge in [0.05, 0.1) is 12.8 Å². The Kier molecular flexibility index (Phi) is 12.7. The highest BCUT2D eigenvalue weighted by Crippen LogP contribution is 2.05. The second kappa shape index (κ2) is 13.4. The zero-order chi connectivity index (χ0) is 16.8. The number of hydrogen-bond acceptors (Lipinski definition) is 8. The van der Waals surface area contributed by atoms with Gasteiger partial charge < -0.3 is 20.9 Å².